The Morgan fingerprint density at radius 3 is 2.62 bits per heavy atom. The quantitative estimate of drug-likeness (QED) is 0.798. The van der Waals surface area contributed by atoms with Crippen molar-refractivity contribution in [3.63, 3.8) is 0 Å². The van der Waals surface area contributed by atoms with E-state index in [1.165, 1.54) is 4.90 Å². The minimum absolute atomic E-state index is 0.0496. The Morgan fingerprint density at radius 2 is 1.90 bits per heavy atom. The van der Waals surface area contributed by atoms with Crippen molar-refractivity contribution in [1.29, 1.82) is 0 Å². The molecule has 4 rings (SSSR count). The summed E-state index contributed by atoms with van der Waals surface area (Å²) in [5.74, 6) is 0.547. The summed E-state index contributed by atoms with van der Waals surface area (Å²) < 4.78 is 0. The van der Waals surface area contributed by atoms with Crippen molar-refractivity contribution in [3.05, 3.63) is 52.7 Å². The van der Waals surface area contributed by atoms with E-state index in [4.69, 9.17) is 0 Å². The van der Waals surface area contributed by atoms with Gasteiger partial charge in [0.2, 0.25) is 0 Å². The first-order valence-electron chi connectivity index (χ1n) is 6.62. The van der Waals surface area contributed by atoms with Crippen molar-refractivity contribution in [2.24, 2.45) is 0 Å². The zero-order valence-electron chi connectivity index (χ0n) is 11.0. The molecule has 2 aliphatic rings. The lowest BCUT2D eigenvalue weighted by molar-refractivity contribution is -0.119. The molecular formula is C15H12N2O2S2. The van der Waals surface area contributed by atoms with Gasteiger partial charge >= 0.3 is 6.03 Å². The number of urea groups is 1. The summed E-state index contributed by atoms with van der Waals surface area (Å²) in [4.78, 5) is 28.3. The molecule has 1 aromatic carbocycles. The van der Waals surface area contributed by atoms with E-state index >= 15 is 0 Å². The maximum atomic E-state index is 12.7. The van der Waals surface area contributed by atoms with Gasteiger partial charge in [0.25, 0.3) is 5.91 Å². The number of para-hydroxylation sites is 1. The second-order valence-electron chi connectivity index (χ2n) is 4.96. The fraction of sp³-hybridized carbons (Fsp3) is 0.200. The monoisotopic (exact) mass is 316 g/mol. The molecule has 106 valence electrons. The van der Waals surface area contributed by atoms with E-state index in [9.17, 15) is 9.59 Å². The SMILES string of the molecule is O=C1[C@@H]2CSC(c3ccsc3)N2C(=O)N1c1ccccc1. The Labute approximate surface area is 130 Å². The van der Waals surface area contributed by atoms with Crippen LogP contribution >= 0.6 is 23.1 Å². The number of fused-ring (bicyclic) bond motifs is 1. The van der Waals surface area contributed by atoms with Gasteiger partial charge in [-0.3, -0.25) is 9.69 Å². The number of imide groups is 1. The fourth-order valence-corrected chi connectivity index (χ4v) is 4.95. The molecule has 3 amide bonds. The molecule has 0 saturated carbocycles. The number of hydrogen-bond donors (Lipinski definition) is 0. The van der Waals surface area contributed by atoms with Gasteiger partial charge in [-0.1, -0.05) is 18.2 Å². The summed E-state index contributed by atoms with van der Waals surface area (Å²) in [6, 6.07) is 10.6. The second-order valence-corrected chi connectivity index (χ2v) is 6.85. The molecule has 3 heterocycles. The molecule has 1 aromatic heterocycles. The number of anilines is 1. The lowest BCUT2D eigenvalue weighted by Gasteiger charge is -2.22. The predicted molar refractivity (Wildman–Crippen MR) is 84.5 cm³/mol. The maximum Gasteiger partial charge on any atom is 0.333 e. The topological polar surface area (TPSA) is 40.6 Å². The van der Waals surface area contributed by atoms with Crippen molar-refractivity contribution < 1.29 is 9.59 Å². The lowest BCUT2D eigenvalue weighted by Crippen LogP contribution is -2.33. The zero-order chi connectivity index (χ0) is 14.4. The summed E-state index contributed by atoms with van der Waals surface area (Å²) in [5, 5.41) is 4.00. The number of amides is 3. The molecule has 2 aromatic rings. The first kappa shape index (κ1) is 12.9. The minimum atomic E-state index is -0.340. The van der Waals surface area contributed by atoms with Crippen LogP contribution in [0.15, 0.2) is 47.2 Å². The molecule has 1 unspecified atom stereocenters. The van der Waals surface area contributed by atoms with Gasteiger partial charge in [-0.15, -0.1) is 11.8 Å². The predicted octanol–water partition coefficient (Wildman–Crippen LogP) is 3.33. The van der Waals surface area contributed by atoms with Crippen LogP contribution in [0.2, 0.25) is 0 Å². The summed E-state index contributed by atoms with van der Waals surface area (Å²) in [5.41, 5.74) is 1.75. The first-order chi connectivity index (χ1) is 10.3. The van der Waals surface area contributed by atoms with E-state index in [1.54, 1.807) is 40.1 Å². The van der Waals surface area contributed by atoms with Crippen LogP contribution in [-0.2, 0) is 4.79 Å². The number of rotatable bonds is 2. The lowest BCUT2D eigenvalue weighted by atomic mass is 10.2. The van der Waals surface area contributed by atoms with Crippen LogP contribution in [0.3, 0.4) is 0 Å². The molecule has 0 bridgehead atoms. The molecule has 2 aliphatic heterocycles. The van der Waals surface area contributed by atoms with Crippen LogP contribution in [0.4, 0.5) is 10.5 Å². The van der Waals surface area contributed by atoms with E-state index in [-0.39, 0.29) is 23.4 Å². The molecule has 6 heteroatoms. The van der Waals surface area contributed by atoms with Gasteiger partial charge in [0.05, 0.1) is 5.69 Å². The number of thioether (sulfide) groups is 1. The van der Waals surface area contributed by atoms with Crippen molar-refractivity contribution >= 4 is 40.7 Å². The summed E-state index contributed by atoms with van der Waals surface area (Å²) in [7, 11) is 0. The van der Waals surface area contributed by atoms with Gasteiger partial charge in [0.15, 0.2) is 0 Å². The van der Waals surface area contributed by atoms with E-state index < -0.39 is 0 Å². The maximum absolute atomic E-state index is 12.7. The van der Waals surface area contributed by atoms with Crippen molar-refractivity contribution in [1.82, 2.24) is 4.90 Å². The van der Waals surface area contributed by atoms with Crippen LogP contribution in [0.5, 0.6) is 0 Å². The smallest absolute Gasteiger partial charge is 0.295 e. The highest BCUT2D eigenvalue weighted by Gasteiger charge is 2.53. The molecule has 2 fully saturated rings. The van der Waals surface area contributed by atoms with E-state index in [1.807, 2.05) is 35.0 Å². The van der Waals surface area contributed by atoms with Gasteiger partial charge in [-0.05, 0) is 34.5 Å². The number of hydrogen-bond acceptors (Lipinski definition) is 4. The van der Waals surface area contributed by atoms with Crippen LogP contribution in [0, 0.1) is 0 Å². The van der Waals surface area contributed by atoms with E-state index in [0.717, 1.165) is 5.56 Å². The van der Waals surface area contributed by atoms with Crippen molar-refractivity contribution in [2.75, 3.05) is 10.7 Å². The third kappa shape index (κ3) is 1.90. The van der Waals surface area contributed by atoms with Gasteiger partial charge in [0, 0.05) is 5.75 Å². The van der Waals surface area contributed by atoms with E-state index in [0.29, 0.717) is 11.4 Å². The second kappa shape index (κ2) is 4.89. The van der Waals surface area contributed by atoms with Crippen molar-refractivity contribution in [3.8, 4) is 0 Å². The highest BCUT2D eigenvalue weighted by molar-refractivity contribution is 7.99. The Morgan fingerprint density at radius 1 is 1.10 bits per heavy atom. The average molecular weight is 316 g/mol. The Kier molecular flexibility index (Phi) is 3.01. The van der Waals surface area contributed by atoms with Gasteiger partial charge in [-0.2, -0.15) is 11.3 Å². The van der Waals surface area contributed by atoms with Crippen LogP contribution in [-0.4, -0.2) is 28.6 Å². The van der Waals surface area contributed by atoms with Gasteiger partial charge in [0.1, 0.15) is 11.4 Å². The Bertz CT molecular complexity index is 687. The molecule has 4 nitrogen and oxygen atoms in total. The highest BCUT2D eigenvalue weighted by Crippen LogP contribution is 2.46. The molecule has 0 aliphatic carbocycles. The summed E-state index contributed by atoms with van der Waals surface area (Å²) >= 11 is 3.27. The molecule has 0 N–H and O–H groups in total. The molecule has 2 atom stereocenters. The average Bonchev–Trinajstić information content (AvgIpc) is 3.20. The number of benzene rings is 1. The van der Waals surface area contributed by atoms with Crippen LogP contribution < -0.4 is 4.90 Å². The minimum Gasteiger partial charge on any atom is -0.295 e. The summed E-state index contributed by atoms with van der Waals surface area (Å²) in [6.45, 7) is 0. The number of nitrogens with zero attached hydrogens (tertiary/aromatic N) is 2. The molecule has 0 radical (unpaired) electrons. The third-order valence-electron chi connectivity index (χ3n) is 3.76. The third-order valence-corrected chi connectivity index (χ3v) is 5.79. The zero-order valence-corrected chi connectivity index (χ0v) is 12.6. The highest BCUT2D eigenvalue weighted by atomic mass is 32.2. The molecular weight excluding hydrogens is 304 g/mol. The molecule has 21 heavy (non-hydrogen) atoms. The standard InChI is InChI=1S/C15H12N2O2S2/c18-13-12-9-21-14(10-6-7-20-8-10)17(12)15(19)16(13)11-4-2-1-3-5-11/h1-8,12,14H,9H2/t12-,14?/m0/s1. The number of carbonyl (C=O) groups is 2. The van der Waals surface area contributed by atoms with Gasteiger partial charge < -0.3 is 0 Å². The Hall–Kier alpha value is -1.79. The van der Waals surface area contributed by atoms with E-state index in [2.05, 4.69) is 0 Å². The van der Waals surface area contributed by atoms with Crippen LogP contribution in [0.1, 0.15) is 10.9 Å². The summed E-state index contributed by atoms with van der Waals surface area (Å²) in [6.07, 6.45) is 0. The Balaban J connectivity index is 1.71. The van der Waals surface area contributed by atoms with Crippen molar-refractivity contribution in [2.45, 2.75) is 11.4 Å². The van der Waals surface area contributed by atoms with Gasteiger partial charge in [-0.25, -0.2) is 9.69 Å². The molecule has 2 saturated heterocycles. The normalized spacial score (nSPS) is 24.8. The fourth-order valence-electron chi connectivity index (χ4n) is 2.78. The van der Waals surface area contributed by atoms with Crippen LogP contribution in [0.25, 0.3) is 0 Å². The molecule has 0 spiro atoms. The largest absolute Gasteiger partial charge is 0.333 e. The number of carbonyl (C=O) groups excluding carboxylic acids is 2. The number of thiophene rings is 1. The first-order valence-corrected chi connectivity index (χ1v) is 8.61.